The zero-order valence-electron chi connectivity index (χ0n) is 14.3. The fourth-order valence-electron chi connectivity index (χ4n) is 3.58. The molecule has 1 heterocycles. The smallest absolute Gasteiger partial charge is 0.238 e. The van der Waals surface area contributed by atoms with Crippen LogP contribution >= 0.6 is 11.6 Å². The standard InChI is InChI=1S/C18H25ClN4O2/c19-15-3-1-2-4-16(15)21-17(24)12-22-7-9-23(10-8-22)18(25)13-5-6-14(20)11-13/h1-4,13-14H,5-12,20H2,(H,21,24). The number of carbonyl (C=O) groups excluding carboxylic acids is 2. The molecule has 2 atom stereocenters. The Bertz CT molecular complexity index is 631. The van der Waals surface area contributed by atoms with Gasteiger partial charge in [0.25, 0.3) is 0 Å². The van der Waals surface area contributed by atoms with Gasteiger partial charge in [-0.2, -0.15) is 0 Å². The molecule has 1 aromatic carbocycles. The van der Waals surface area contributed by atoms with Gasteiger partial charge in [0, 0.05) is 38.1 Å². The number of halogens is 1. The van der Waals surface area contributed by atoms with Crippen molar-refractivity contribution in [3.8, 4) is 0 Å². The molecule has 1 saturated heterocycles. The molecule has 3 rings (SSSR count). The van der Waals surface area contributed by atoms with E-state index < -0.39 is 0 Å². The third-order valence-electron chi connectivity index (χ3n) is 5.02. The van der Waals surface area contributed by atoms with E-state index in [1.165, 1.54) is 0 Å². The summed E-state index contributed by atoms with van der Waals surface area (Å²) in [5.74, 6) is 0.229. The predicted octanol–water partition coefficient (Wildman–Crippen LogP) is 1.55. The highest BCUT2D eigenvalue weighted by Crippen LogP contribution is 2.26. The third-order valence-corrected chi connectivity index (χ3v) is 5.35. The second kappa shape index (κ2) is 8.17. The fraction of sp³-hybridized carbons (Fsp3) is 0.556. The van der Waals surface area contributed by atoms with Gasteiger partial charge in [0.15, 0.2) is 0 Å². The van der Waals surface area contributed by atoms with Gasteiger partial charge in [-0.25, -0.2) is 0 Å². The summed E-state index contributed by atoms with van der Waals surface area (Å²) in [5.41, 5.74) is 6.54. The van der Waals surface area contributed by atoms with Crippen molar-refractivity contribution in [2.45, 2.75) is 25.3 Å². The molecule has 2 unspecified atom stereocenters. The lowest BCUT2D eigenvalue weighted by atomic mass is 10.1. The van der Waals surface area contributed by atoms with Crippen molar-refractivity contribution in [3.05, 3.63) is 29.3 Å². The molecule has 7 heteroatoms. The number of piperazine rings is 1. The second-order valence-electron chi connectivity index (χ2n) is 6.90. The van der Waals surface area contributed by atoms with Crippen molar-refractivity contribution in [2.24, 2.45) is 11.7 Å². The summed E-state index contributed by atoms with van der Waals surface area (Å²) in [4.78, 5) is 28.7. The Hall–Kier alpha value is -1.63. The Morgan fingerprint density at radius 3 is 2.52 bits per heavy atom. The number of hydrogen-bond donors (Lipinski definition) is 2. The van der Waals surface area contributed by atoms with Crippen molar-refractivity contribution in [1.29, 1.82) is 0 Å². The average Bonchev–Trinajstić information content (AvgIpc) is 3.03. The summed E-state index contributed by atoms with van der Waals surface area (Å²) in [5, 5.41) is 3.36. The minimum absolute atomic E-state index is 0.0880. The number of benzene rings is 1. The molecule has 2 amide bonds. The first-order chi connectivity index (χ1) is 12.0. The van der Waals surface area contributed by atoms with Gasteiger partial charge in [-0.1, -0.05) is 23.7 Å². The molecular formula is C18H25ClN4O2. The van der Waals surface area contributed by atoms with Crippen LogP contribution in [-0.2, 0) is 9.59 Å². The summed E-state index contributed by atoms with van der Waals surface area (Å²) in [7, 11) is 0. The average molecular weight is 365 g/mol. The SMILES string of the molecule is NC1CCC(C(=O)N2CCN(CC(=O)Nc3ccccc3Cl)CC2)C1. The third kappa shape index (κ3) is 4.71. The van der Waals surface area contributed by atoms with Crippen molar-refractivity contribution in [3.63, 3.8) is 0 Å². The maximum atomic E-state index is 12.5. The van der Waals surface area contributed by atoms with Crippen LogP contribution in [0, 0.1) is 5.92 Å². The van der Waals surface area contributed by atoms with Crippen molar-refractivity contribution < 1.29 is 9.59 Å². The molecule has 1 saturated carbocycles. The quantitative estimate of drug-likeness (QED) is 0.849. The Labute approximate surface area is 153 Å². The first-order valence-electron chi connectivity index (χ1n) is 8.84. The number of amides is 2. The van der Waals surface area contributed by atoms with Gasteiger partial charge in [-0.3, -0.25) is 14.5 Å². The first-order valence-corrected chi connectivity index (χ1v) is 9.22. The van der Waals surface area contributed by atoms with Gasteiger partial charge in [-0.15, -0.1) is 0 Å². The molecule has 0 spiro atoms. The Balaban J connectivity index is 1.44. The van der Waals surface area contributed by atoms with E-state index in [1.807, 2.05) is 17.0 Å². The highest BCUT2D eigenvalue weighted by atomic mass is 35.5. The first kappa shape index (κ1) is 18.2. The van der Waals surface area contributed by atoms with E-state index in [1.54, 1.807) is 12.1 Å². The monoisotopic (exact) mass is 364 g/mol. The highest BCUT2D eigenvalue weighted by Gasteiger charge is 2.32. The van der Waals surface area contributed by atoms with Crippen molar-refractivity contribution >= 4 is 29.1 Å². The summed E-state index contributed by atoms with van der Waals surface area (Å²) in [6, 6.07) is 7.36. The number of nitrogens with one attached hydrogen (secondary N) is 1. The largest absolute Gasteiger partial charge is 0.340 e. The molecule has 1 aliphatic carbocycles. The van der Waals surface area contributed by atoms with Crippen LogP contribution in [0.25, 0.3) is 0 Å². The van der Waals surface area contributed by atoms with Crippen LogP contribution in [0.5, 0.6) is 0 Å². The van der Waals surface area contributed by atoms with E-state index >= 15 is 0 Å². The van der Waals surface area contributed by atoms with Crippen LogP contribution in [-0.4, -0.2) is 60.4 Å². The molecule has 1 aliphatic heterocycles. The van der Waals surface area contributed by atoms with Gasteiger partial charge in [-0.05, 0) is 31.4 Å². The van der Waals surface area contributed by atoms with Gasteiger partial charge < -0.3 is 16.0 Å². The van der Waals surface area contributed by atoms with Crippen LogP contribution in [0.1, 0.15) is 19.3 Å². The minimum Gasteiger partial charge on any atom is -0.340 e. The van der Waals surface area contributed by atoms with Crippen LogP contribution in [0.4, 0.5) is 5.69 Å². The topological polar surface area (TPSA) is 78.7 Å². The summed E-state index contributed by atoms with van der Waals surface area (Å²) in [6.45, 7) is 3.07. The molecule has 2 aliphatic rings. The molecular weight excluding hydrogens is 340 g/mol. The molecule has 2 fully saturated rings. The van der Waals surface area contributed by atoms with E-state index in [4.69, 9.17) is 17.3 Å². The maximum Gasteiger partial charge on any atom is 0.238 e. The molecule has 3 N–H and O–H groups in total. The molecule has 1 aromatic rings. The Kier molecular flexibility index (Phi) is 5.93. The van der Waals surface area contributed by atoms with E-state index in [9.17, 15) is 9.59 Å². The molecule has 6 nitrogen and oxygen atoms in total. The number of rotatable bonds is 4. The van der Waals surface area contributed by atoms with Gasteiger partial charge in [0.05, 0.1) is 17.3 Å². The van der Waals surface area contributed by atoms with Crippen molar-refractivity contribution in [2.75, 3.05) is 38.0 Å². The molecule has 136 valence electrons. The van der Waals surface area contributed by atoms with Crippen LogP contribution in [0.15, 0.2) is 24.3 Å². The van der Waals surface area contributed by atoms with Gasteiger partial charge in [0.2, 0.25) is 11.8 Å². The summed E-state index contributed by atoms with van der Waals surface area (Å²) < 4.78 is 0. The van der Waals surface area contributed by atoms with Crippen LogP contribution in [0.3, 0.4) is 0 Å². The van der Waals surface area contributed by atoms with Crippen LogP contribution in [0.2, 0.25) is 5.02 Å². The lowest BCUT2D eigenvalue weighted by molar-refractivity contribution is -0.137. The van der Waals surface area contributed by atoms with Crippen LogP contribution < -0.4 is 11.1 Å². The van der Waals surface area contributed by atoms with E-state index in [2.05, 4.69) is 10.2 Å². The minimum atomic E-state index is -0.0883. The summed E-state index contributed by atoms with van der Waals surface area (Å²) in [6.07, 6.45) is 2.65. The molecule has 0 bridgehead atoms. The number of anilines is 1. The highest BCUT2D eigenvalue weighted by molar-refractivity contribution is 6.33. The van der Waals surface area contributed by atoms with E-state index in [0.29, 0.717) is 43.4 Å². The number of hydrogen-bond acceptors (Lipinski definition) is 4. The zero-order valence-corrected chi connectivity index (χ0v) is 15.0. The molecule has 0 radical (unpaired) electrons. The number of para-hydroxylation sites is 1. The second-order valence-corrected chi connectivity index (χ2v) is 7.31. The number of nitrogens with two attached hydrogens (primary N) is 1. The molecule has 0 aromatic heterocycles. The lowest BCUT2D eigenvalue weighted by Gasteiger charge is -2.35. The predicted molar refractivity (Wildman–Crippen MR) is 98.4 cm³/mol. The number of nitrogens with zero attached hydrogens (tertiary/aromatic N) is 2. The summed E-state index contributed by atoms with van der Waals surface area (Å²) >= 11 is 6.06. The Morgan fingerprint density at radius 2 is 1.88 bits per heavy atom. The van der Waals surface area contributed by atoms with Gasteiger partial charge in [0.1, 0.15) is 0 Å². The number of carbonyl (C=O) groups is 2. The molecule has 25 heavy (non-hydrogen) atoms. The fourth-order valence-corrected chi connectivity index (χ4v) is 3.76. The zero-order chi connectivity index (χ0) is 17.8. The van der Waals surface area contributed by atoms with Gasteiger partial charge >= 0.3 is 0 Å². The van der Waals surface area contributed by atoms with E-state index in [-0.39, 0.29) is 23.8 Å². The Morgan fingerprint density at radius 1 is 1.16 bits per heavy atom. The normalized spacial score (nSPS) is 24.3. The van der Waals surface area contributed by atoms with Crippen molar-refractivity contribution in [1.82, 2.24) is 9.80 Å². The maximum absolute atomic E-state index is 12.5. The lowest BCUT2D eigenvalue weighted by Crippen LogP contribution is -2.51. The van der Waals surface area contributed by atoms with E-state index in [0.717, 1.165) is 19.3 Å².